The molecule has 1 fully saturated rings. The Bertz CT molecular complexity index is 1050. The topological polar surface area (TPSA) is 58.9 Å². The van der Waals surface area contributed by atoms with Crippen molar-refractivity contribution >= 4 is 16.6 Å². The maximum atomic E-state index is 4.59. The van der Waals surface area contributed by atoms with Crippen molar-refractivity contribution in [3.05, 3.63) is 48.0 Å². The average molecular weight is 331 g/mol. The zero-order valence-corrected chi connectivity index (χ0v) is 14.4. The molecule has 0 atom stereocenters. The van der Waals surface area contributed by atoms with Crippen molar-refractivity contribution in [1.29, 1.82) is 0 Å². The van der Waals surface area contributed by atoms with Gasteiger partial charge in [-0.15, -0.1) is 0 Å². The van der Waals surface area contributed by atoms with E-state index < -0.39 is 0 Å². The summed E-state index contributed by atoms with van der Waals surface area (Å²) in [7, 11) is 0. The maximum Gasteiger partial charge on any atom is 0.158 e. The van der Waals surface area contributed by atoms with E-state index in [1.165, 1.54) is 43.2 Å². The second-order valence-electron chi connectivity index (χ2n) is 7.14. The SMILES string of the molecule is Cc1cc(-c2ccc3c(C4CCCCC4)[nH]nc3c2)cn2ncnc12. The van der Waals surface area contributed by atoms with Crippen LogP contribution < -0.4 is 0 Å². The van der Waals surface area contributed by atoms with E-state index in [-0.39, 0.29) is 0 Å². The predicted octanol–water partition coefficient (Wildman–Crippen LogP) is 4.63. The van der Waals surface area contributed by atoms with Gasteiger partial charge in [0.05, 0.1) is 5.52 Å². The molecule has 3 aromatic heterocycles. The van der Waals surface area contributed by atoms with E-state index >= 15 is 0 Å². The lowest BCUT2D eigenvalue weighted by Crippen LogP contribution is -2.05. The second-order valence-corrected chi connectivity index (χ2v) is 7.14. The highest BCUT2D eigenvalue weighted by molar-refractivity contribution is 5.86. The van der Waals surface area contributed by atoms with Crippen molar-refractivity contribution in [2.45, 2.75) is 44.9 Å². The van der Waals surface area contributed by atoms with Crippen LogP contribution in [-0.4, -0.2) is 24.8 Å². The summed E-state index contributed by atoms with van der Waals surface area (Å²) < 4.78 is 1.84. The Morgan fingerprint density at radius 1 is 1.08 bits per heavy atom. The minimum Gasteiger partial charge on any atom is -0.281 e. The van der Waals surface area contributed by atoms with Gasteiger partial charge in [-0.2, -0.15) is 10.2 Å². The van der Waals surface area contributed by atoms with Crippen molar-refractivity contribution in [2.24, 2.45) is 0 Å². The third-order valence-corrected chi connectivity index (χ3v) is 5.49. The summed E-state index contributed by atoms with van der Waals surface area (Å²) in [4.78, 5) is 4.29. The molecule has 5 heteroatoms. The molecular weight excluding hydrogens is 310 g/mol. The standard InChI is InChI=1S/C20H21N5/c1-13-9-16(11-25-20(13)21-12-22-25)15-7-8-17-18(10-15)23-24-19(17)14-5-3-2-4-6-14/h7-12,14H,2-6H2,1H3,(H,23,24). The van der Waals surface area contributed by atoms with Gasteiger partial charge in [-0.3, -0.25) is 5.10 Å². The van der Waals surface area contributed by atoms with Crippen LogP contribution in [0.4, 0.5) is 0 Å². The second kappa shape index (κ2) is 5.69. The molecule has 5 nitrogen and oxygen atoms in total. The number of pyridine rings is 1. The zero-order chi connectivity index (χ0) is 16.8. The summed E-state index contributed by atoms with van der Waals surface area (Å²) in [5, 5.41) is 13.5. The number of nitrogens with zero attached hydrogens (tertiary/aromatic N) is 4. The van der Waals surface area contributed by atoms with Crippen molar-refractivity contribution in [1.82, 2.24) is 24.8 Å². The highest BCUT2D eigenvalue weighted by atomic mass is 15.3. The molecule has 0 saturated heterocycles. The van der Waals surface area contributed by atoms with Crippen LogP contribution in [0.3, 0.4) is 0 Å². The Kier molecular flexibility index (Phi) is 3.33. The third kappa shape index (κ3) is 2.42. The number of benzene rings is 1. The highest BCUT2D eigenvalue weighted by Gasteiger charge is 2.20. The number of aromatic nitrogens is 5. The van der Waals surface area contributed by atoms with Crippen molar-refractivity contribution in [3.63, 3.8) is 0 Å². The lowest BCUT2D eigenvalue weighted by atomic mass is 9.86. The smallest absolute Gasteiger partial charge is 0.158 e. The van der Waals surface area contributed by atoms with Gasteiger partial charge in [0.1, 0.15) is 6.33 Å². The summed E-state index contributed by atoms with van der Waals surface area (Å²) in [6, 6.07) is 8.76. The molecule has 0 bridgehead atoms. The first-order valence-corrected chi connectivity index (χ1v) is 9.08. The molecule has 1 aliphatic carbocycles. The molecule has 0 unspecified atom stereocenters. The molecule has 25 heavy (non-hydrogen) atoms. The van der Waals surface area contributed by atoms with E-state index in [0.29, 0.717) is 5.92 Å². The fourth-order valence-electron chi connectivity index (χ4n) is 4.17. The van der Waals surface area contributed by atoms with Crippen LogP contribution in [0.2, 0.25) is 0 Å². The number of rotatable bonds is 2. The summed E-state index contributed by atoms with van der Waals surface area (Å²) >= 11 is 0. The number of aromatic amines is 1. The van der Waals surface area contributed by atoms with Gasteiger partial charge in [0.15, 0.2) is 5.65 Å². The molecule has 126 valence electrons. The van der Waals surface area contributed by atoms with Crippen LogP contribution in [0.25, 0.3) is 27.7 Å². The maximum absolute atomic E-state index is 4.59. The molecule has 0 amide bonds. The largest absolute Gasteiger partial charge is 0.281 e. The lowest BCUT2D eigenvalue weighted by molar-refractivity contribution is 0.438. The average Bonchev–Trinajstić information content (AvgIpc) is 3.29. The number of H-pyrrole nitrogens is 1. The number of hydrogen-bond acceptors (Lipinski definition) is 3. The van der Waals surface area contributed by atoms with Crippen molar-refractivity contribution in [2.75, 3.05) is 0 Å². The monoisotopic (exact) mass is 331 g/mol. The fraction of sp³-hybridized carbons (Fsp3) is 0.350. The normalized spacial score (nSPS) is 16.0. The molecule has 5 rings (SSSR count). The van der Waals surface area contributed by atoms with Crippen LogP contribution in [0.5, 0.6) is 0 Å². The van der Waals surface area contributed by atoms with Crippen LogP contribution in [0, 0.1) is 6.92 Å². The van der Waals surface area contributed by atoms with Gasteiger partial charge in [-0.25, -0.2) is 9.50 Å². The number of nitrogens with one attached hydrogen (secondary N) is 1. The van der Waals surface area contributed by atoms with Gasteiger partial charge in [-0.1, -0.05) is 31.4 Å². The van der Waals surface area contributed by atoms with E-state index in [1.807, 2.05) is 10.7 Å². The number of aryl methyl sites for hydroxylation is 1. The first-order chi connectivity index (χ1) is 12.3. The molecule has 1 saturated carbocycles. The molecular formula is C20H21N5. The zero-order valence-electron chi connectivity index (χ0n) is 14.4. The molecule has 0 spiro atoms. The van der Waals surface area contributed by atoms with E-state index in [1.54, 1.807) is 6.33 Å². The molecule has 4 aromatic rings. The molecule has 3 heterocycles. The van der Waals surface area contributed by atoms with E-state index in [4.69, 9.17) is 0 Å². The van der Waals surface area contributed by atoms with Crippen LogP contribution in [0.15, 0.2) is 36.8 Å². The van der Waals surface area contributed by atoms with Crippen LogP contribution in [0.1, 0.15) is 49.3 Å². The molecule has 1 aromatic carbocycles. The Labute approximate surface area is 146 Å². The third-order valence-electron chi connectivity index (χ3n) is 5.49. The van der Waals surface area contributed by atoms with E-state index in [2.05, 4.69) is 51.5 Å². The lowest BCUT2D eigenvalue weighted by Gasteiger charge is -2.20. The Morgan fingerprint density at radius 3 is 2.84 bits per heavy atom. The molecule has 0 aliphatic heterocycles. The number of fused-ring (bicyclic) bond motifs is 2. The summed E-state index contributed by atoms with van der Waals surface area (Å²) in [6.07, 6.45) is 10.2. The summed E-state index contributed by atoms with van der Waals surface area (Å²) in [6.45, 7) is 2.07. The number of hydrogen-bond donors (Lipinski definition) is 1. The van der Waals surface area contributed by atoms with Crippen molar-refractivity contribution in [3.8, 4) is 11.1 Å². The van der Waals surface area contributed by atoms with Gasteiger partial charge in [-0.05, 0) is 43.0 Å². The van der Waals surface area contributed by atoms with Gasteiger partial charge in [0.25, 0.3) is 0 Å². The summed E-state index contributed by atoms with van der Waals surface area (Å²) in [5.74, 6) is 0.637. The Morgan fingerprint density at radius 2 is 1.96 bits per heavy atom. The first-order valence-electron chi connectivity index (χ1n) is 9.08. The van der Waals surface area contributed by atoms with Crippen molar-refractivity contribution < 1.29 is 0 Å². The molecule has 0 radical (unpaired) electrons. The minimum atomic E-state index is 0.637. The Hall–Kier alpha value is -2.69. The highest BCUT2D eigenvalue weighted by Crippen LogP contribution is 2.36. The van der Waals surface area contributed by atoms with E-state index in [9.17, 15) is 0 Å². The van der Waals surface area contributed by atoms with Gasteiger partial charge >= 0.3 is 0 Å². The summed E-state index contributed by atoms with van der Waals surface area (Å²) in [5.41, 5.74) is 6.71. The van der Waals surface area contributed by atoms with Crippen LogP contribution >= 0.6 is 0 Å². The van der Waals surface area contributed by atoms with E-state index in [0.717, 1.165) is 27.9 Å². The van der Waals surface area contributed by atoms with Gasteiger partial charge in [0.2, 0.25) is 0 Å². The quantitative estimate of drug-likeness (QED) is 0.582. The minimum absolute atomic E-state index is 0.637. The Balaban J connectivity index is 1.58. The molecule has 1 aliphatic rings. The first kappa shape index (κ1) is 14.6. The molecule has 1 N–H and O–H groups in total. The van der Waals surface area contributed by atoms with Gasteiger partial charge < -0.3 is 0 Å². The predicted molar refractivity (Wildman–Crippen MR) is 98.6 cm³/mol. The van der Waals surface area contributed by atoms with Crippen LogP contribution in [-0.2, 0) is 0 Å². The fourth-order valence-corrected chi connectivity index (χ4v) is 4.17. The van der Waals surface area contributed by atoms with Gasteiger partial charge in [0, 0.05) is 28.8 Å².